The van der Waals surface area contributed by atoms with Gasteiger partial charge in [-0.05, 0) is 24.6 Å². The van der Waals surface area contributed by atoms with Gasteiger partial charge in [-0.2, -0.15) is 5.10 Å². The van der Waals surface area contributed by atoms with Gasteiger partial charge in [0.1, 0.15) is 17.2 Å². The summed E-state index contributed by atoms with van der Waals surface area (Å²) in [5.74, 6) is -0.821. The number of carbonyl (C=O) groups excluding carboxylic acids is 1. The van der Waals surface area contributed by atoms with E-state index in [9.17, 15) is 9.18 Å². The summed E-state index contributed by atoms with van der Waals surface area (Å²) in [5.41, 5.74) is 6.90. The van der Waals surface area contributed by atoms with E-state index in [2.05, 4.69) is 9.84 Å². The molecule has 0 unspecified atom stereocenters. The lowest BCUT2D eigenvalue weighted by atomic mass is 10.2. The number of nitrogen functional groups attached to an aromatic ring is 1. The molecule has 5 nitrogen and oxygen atoms in total. The van der Waals surface area contributed by atoms with Gasteiger partial charge in [0.2, 0.25) is 0 Å². The monoisotopic (exact) mass is 249 g/mol. The van der Waals surface area contributed by atoms with Crippen molar-refractivity contribution in [2.75, 3.05) is 12.8 Å². The summed E-state index contributed by atoms with van der Waals surface area (Å²) in [4.78, 5) is 11.4. The Bertz CT molecular complexity index is 607. The van der Waals surface area contributed by atoms with E-state index in [1.807, 2.05) is 0 Å². The Balaban J connectivity index is 2.48. The van der Waals surface area contributed by atoms with Crippen LogP contribution in [0.2, 0.25) is 0 Å². The number of methoxy groups -OCH3 is 1. The van der Waals surface area contributed by atoms with Crippen LogP contribution in [0.15, 0.2) is 24.4 Å². The van der Waals surface area contributed by atoms with Crippen LogP contribution in [0.3, 0.4) is 0 Å². The number of hydrogen-bond acceptors (Lipinski definition) is 4. The minimum absolute atomic E-state index is 0.116. The molecule has 0 aliphatic carbocycles. The average Bonchev–Trinajstić information content (AvgIpc) is 2.74. The molecule has 1 aromatic carbocycles. The molecule has 0 saturated carbocycles. The first-order chi connectivity index (χ1) is 8.54. The highest BCUT2D eigenvalue weighted by atomic mass is 19.1. The molecule has 1 heterocycles. The van der Waals surface area contributed by atoms with E-state index in [1.165, 1.54) is 24.1 Å². The number of anilines is 1. The predicted molar refractivity (Wildman–Crippen MR) is 64.0 cm³/mol. The number of nitrogens with two attached hydrogens (primary N) is 1. The van der Waals surface area contributed by atoms with Crippen LogP contribution in [0.25, 0.3) is 5.69 Å². The molecule has 6 heteroatoms. The number of hydrogen-bond donors (Lipinski definition) is 1. The third kappa shape index (κ3) is 1.92. The summed E-state index contributed by atoms with van der Waals surface area (Å²) in [5, 5.41) is 3.95. The Morgan fingerprint density at radius 1 is 1.50 bits per heavy atom. The minimum Gasteiger partial charge on any atom is -0.465 e. The quantitative estimate of drug-likeness (QED) is 0.822. The van der Waals surface area contributed by atoms with Gasteiger partial charge in [-0.25, -0.2) is 13.9 Å². The Hall–Kier alpha value is -2.37. The summed E-state index contributed by atoms with van der Waals surface area (Å²) >= 11 is 0. The van der Waals surface area contributed by atoms with E-state index in [0.29, 0.717) is 11.3 Å². The van der Waals surface area contributed by atoms with Crippen molar-refractivity contribution >= 4 is 11.8 Å². The van der Waals surface area contributed by atoms with Crippen molar-refractivity contribution in [1.82, 2.24) is 9.78 Å². The zero-order valence-corrected chi connectivity index (χ0v) is 9.98. The zero-order valence-electron chi connectivity index (χ0n) is 9.98. The SMILES string of the molecule is COC(=O)c1cnn(-c2ccc(C)c(F)c2)c1N. The van der Waals surface area contributed by atoms with Gasteiger partial charge >= 0.3 is 5.97 Å². The van der Waals surface area contributed by atoms with Crippen molar-refractivity contribution in [3.8, 4) is 5.69 Å². The maximum Gasteiger partial charge on any atom is 0.343 e. The number of aromatic nitrogens is 2. The molecule has 0 aliphatic rings. The lowest BCUT2D eigenvalue weighted by molar-refractivity contribution is 0.0602. The number of rotatable bonds is 2. The predicted octanol–water partition coefficient (Wildman–Crippen LogP) is 1.69. The summed E-state index contributed by atoms with van der Waals surface area (Å²) in [6.07, 6.45) is 1.29. The largest absolute Gasteiger partial charge is 0.465 e. The van der Waals surface area contributed by atoms with Crippen molar-refractivity contribution in [3.05, 3.63) is 41.3 Å². The van der Waals surface area contributed by atoms with E-state index in [0.717, 1.165) is 0 Å². The number of carbonyl (C=O) groups is 1. The summed E-state index contributed by atoms with van der Waals surface area (Å²) in [6, 6.07) is 4.59. The second-order valence-corrected chi connectivity index (χ2v) is 3.78. The fourth-order valence-corrected chi connectivity index (χ4v) is 1.54. The van der Waals surface area contributed by atoms with Gasteiger partial charge in [-0.15, -0.1) is 0 Å². The molecule has 0 fully saturated rings. The number of halogens is 1. The molecule has 0 aliphatic heterocycles. The lowest BCUT2D eigenvalue weighted by Gasteiger charge is -2.06. The molecule has 94 valence electrons. The van der Waals surface area contributed by atoms with Crippen LogP contribution in [-0.2, 0) is 4.74 Å². The van der Waals surface area contributed by atoms with Crippen LogP contribution in [0.4, 0.5) is 10.2 Å². The lowest BCUT2D eigenvalue weighted by Crippen LogP contribution is -2.07. The molecule has 2 rings (SSSR count). The van der Waals surface area contributed by atoms with Crippen LogP contribution >= 0.6 is 0 Å². The van der Waals surface area contributed by atoms with Crippen molar-refractivity contribution in [2.24, 2.45) is 0 Å². The van der Waals surface area contributed by atoms with Crippen molar-refractivity contribution in [2.45, 2.75) is 6.92 Å². The van der Waals surface area contributed by atoms with E-state index in [1.54, 1.807) is 19.1 Å². The molecule has 0 radical (unpaired) electrons. The van der Waals surface area contributed by atoms with Crippen molar-refractivity contribution in [3.63, 3.8) is 0 Å². The molecular weight excluding hydrogens is 237 g/mol. The zero-order chi connectivity index (χ0) is 13.3. The average molecular weight is 249 g/mol. The third-order valence-electron chi connectivity index (χ3n) is 2.61. The van der Waals surface area contributed by atoms with Gasteiger partial charge in [-0.1, -0.05) is 6.07 Å². The van der Waals surface area contributed by atoms with E-state index in [-0.39, 0.29) is 17.2 Å². The Morgan fingerprint density at radius 3 is 2.83 bits per heavy atom. The highest BCUT2D eigenvalue weighted by Crippen LogP contribution is 2.19. The first-order valence-electron chi connectivity index (χ1n) is 5.23. The van der Waals surface area contributed by atoms with Crippen molar-refractivity contribution in [1.29, 1.82) is 0 Å². The molecule has 1 aromatic heterocycles. The Labute approximate surface area is 103 Å². The number of ether oxygens (including phenoxy) is 1. The van der Waals surface area contributed by atoms with E-state index < -0.39 is 5.97 Å². The molecule has 0 amide bonds. The van der Waals surface area contributed by atoms with Crippen molar-refractivity contribution < 1.29 is 13.9 Å². The number of benzene rings is 1. The summed E-state index contributed by atoms with van der Waals surface area (Å²) < 4.78 is 19.3. The van der Waals surface area contributed by atoms with Crippen LogP contribution in [0.1, 0.15) is 15.9 Å². The minimum atomic E-state index is -0.577. The fourth-order valence-electron chi connectivity index (χ4n) is 1.54. The van der Waals surface area contributed by atoms with Gasteiger partial charge in [0, 0.05) is 0 Å². The normalized spacial score (nSPS) is 10.4. The van der Waals surface area contributed by atoms with Gasteiger partial charge in [0.15, 0.2) is 0 Å². The molecular formula is C12H12FN3O2. The second kappa shape index (κ2) is 4.48. The molecule has 0 atom stereocenters. The number of aryl methyl sites for hydroxylation is 1. The van der Waals surface area contributed by atoms with Gasteiger partial charge in [0.05, 0.1) is 19.0 Å². The summed E-state index contributed by atoms with van der Waals surface area (Å²) in [7, 11) is 1.25. The number of nitrogens with zero attached hydrogens (tertiary/aromatic N) is 2. The van der Waals surface area contributed by atoms with Gasteiger partial charge < -0.3 is 10.5 Å². The Kier molecular flexibility index (Phi) is 3.01. The van der Waals surface area contributed by atoms with Crippen LogP contribution in [0, 0.1) is 12.7 Å². The third-order valence-corrected chi connectivity index (χ3v) is 2.61. The molecule has 18 heavy (non-hydrogen) atoms. The molecule has 0 spiro atoms. The highest BCUT2D eigenvalue weighted by Gasteiger charge is 2.16. The maximum atomic E-state index is 13.5. The van der Waals surface area contributed by atoms with Crippen LogP contribution < -0.4 is 5.73 Å². The number of esters is 1. The summed E-state index contributed by atoms with van der Waals surface area (Å²) in [6.45, 7) is 1.66. The second-order valence-electron chi connectivity index (χ2n) is 3.78. The van der Waals surface area contributed by atoms with Gasteiger partial charge in [0.25, 0.3) is 0 Å². The smallest absolute Gasteiger partial charge is 0.343 e. The maximum absolute atomic E-state index is 13.5. The molecule has 2 N–H and O–H groups in total. The highest BCUT2D eigenvalue weighted by molar-refractivity contribution is 5.94. The molecule has 2 aromatic rings. The van der Waals surface area contributed by atoms with E-state index >= 15 is 0 Å². The van der Waals surface area contributed by atoms with E-state index in [4.69, 9.17) is 5.73 Å². The van der Waals surface area contributed by atoms with Gasteiger partial charge in [-0.3, -0.25) is 0 Å². The van der Waals surface area contributed by atoms with Crippen LogP contribution in [0.5, 0.6) is 0 Å². The Morgan fingerprint density at radius 2 is 2.22 bits per heavy atom. The molecule has 0 bridgehead atoms. The first-order valence-corrected chi connectivity index (χ1v) is 5.23. The standard InChI is InChI=1S/C12H12FN3O2/c1-7-3-4-8(5-10(7)13)16-11(14)9(6-15-16)12(17)18-2/h3-6H,14H2,1-2H3. The fraction of sp³-hybridized carbons (Fsp3) is 0.167. The van der Waals surface area contributed by atoms with Crippen LogP contribution in [-0.4, -0.2) is 22.9 Å². The first kappa shape index (κ1) is 12.1. The molecule has 0 saturated heterocycles. The topological polar surface area (TPSA) is 70.1 Å².